The van der Waals surface area contributed by atoms with Crippen molar-refractivity contribution in [2.24, 2.45) is 5.92 Å². The third-order valence-corrected chi connectivity index (χ3v) is 7.35. The zero-order valence-corrected chi connectivity index (χ0v) is 18.8. The van der Waals surface area contributed by atoms with Crippen LogP contribution in [0.3, 0.4) is 0 Å². The van der Waals surface area contributed by atoms with Crippen LogP contribution in [-0.2, 0) is 10.0 Å². The second-order valence-corrected chi connectivity index (χ2v) is 10.2. The molecule has 172 valence electrons. The van der Waals surface area contributed by atoms with Gasteiger partial charge in [0.05, 0.1) is 9.82 Å². The second-order valence-electron chi connectivity index (χ2n) is 7.99. The number of halogens is 1. The summed E-state index contributed by atoms with van der Waals surface area (Å²) in [5, 5.41) is 11.5. The summed E-state index contributed by atoms with van der Waals surface area (Å²) in [7, 11) is -3.80. The zero-order valence-electron chi connectivity index (χ0n) is 17.3. The van der Waals surface area contributed by atoms with E-state index in [1.807, 2.05) is 0 Å². The highest BCUT2D eigenvalue weighted by Crippen LogP contribution is 2.34. The van der Waals surface area contributed by atoms with E-state index in [9.17, 15) is 18.5 Å². The molecule has 32 heavy (non-hydrogen) atoms. The van der Waals surface area contributed by atoms with Crippen LogP contribution in [0.4, 0.5) is 5.69 Å². The number of piperidine rings is 1. The van der Waals surface area contributed by atoms with Gasteiger partial charge in [0.2, 0.25) is 10.0 Å². The monoisotopic (exact) mass is 481 g/mol. The number of benzene rings is 2. The van der Waals surface area contributed by atoms with E-state index in [1.54, 1.807) is 18.2 Å². The molecule has 1 atom stereocenters. The number of rotatable bonds is 7. The van der Waals surface area contributed by atoms with Gasteiger partial charge >= 0.3 is 0 Å². The van der Waals surface area contributed by atoms with Gasteiger partial charge in [0.15, 0.2) is 11.5 Å². The number of nitro benzene ring substituents is 1. The van der Waals surface area contributed by atoms with Gasteiger partial charge in [0.1, 0.15) is 12.7 Å². The second kappa shape index (κ2) is 9.62. The summed E-state index contributed by atoms with van der Waals surface area (Å²) in [6.07, 6.45) is 1.59. The van der Waals surface area contributed by atoms with Gasteiger partial charge < -0.3 is 9.47 Å². The van der Waals surface area contributed by atoms with Crippen LogP contribution in [0.25, 0.3) is 0 Å². The number of nitrogens with zero attached hydrogens (tertiary/aromatic N) is 2. The van der Waals surface area contributed by atoms with Gasteiger partial charge in [-0.15, -0.1) is 0 Å². The summed E-state index contributed by atoms with van der Waals surface area (Å²) < 4.78 is 39.4. The van der Waals surface area contributed by atoms with E-state index in [4.69, 9.17) is 21.1 Å². The SMILES string of the molecule is O=[N+]([O-])c1cccc(S(=O)(=O)NCC2CCN(CC3COc4ccc(Cl)cc4O3)CC2)c1. The molecular formula is C21H24ClN3O6S. The molecule has 1 N–H and O–H groups in total. The fraction of sp³-hybridized carbons (Fsp3) is 0.429. The molecule has 4 rings (SSSR count). The molecule has 11 heteroatoms. The van der Waals surface area contributed by atoms with Crippen LogP contribution in [0.1, 0.15) is 12.8 Å². The summed E-state index contributed by atoms with van der Waals surface area (Å²) in [4.78, 5) is 12.5. The standard InChI is InChI=1S/C21H24ClN3O6S/c22-16-4-5-20-21(10-16)31-18(14-30-20)13-24-8-6-15(7-9-24)12-23-32(28,29)19-3-1-2-17(11-19)25(26)27/h1-5,10-11,15,18,23H,6-9,12-14H2. The number of hydrogen-bond donors (Lipinski definition) is 1. The lowest BCUT2D eigenvalue weighted by atomic mass is 9.97. The maximum Gasteiger partial charge on any atom is 0.270 e. The maximum atomic E-state index is 12.5. The lowest BCUT2D eigenvalue weighted by molar-refractivity contribution is -0.385. The minimum Gasteiger partial charge on any atom is -0.486 e. The molecule has 0 radical (unpaired) electrons. The van der Waals surface area contributed by atoms with Gasteiger partial charge in [-0.1, -0.05) is 17.7 Å². The Morgan fingerprint density at radius 1 is 1.16 bits per heavy atom. The molecule has 0 aromatic heterocycles. The third kappa shape index (κ3) is 5.50. The van der Waals surface area contributed by atoms with Crippen LogP contribution < -0.4 is 14.2 Å². The topological polar surface area (TPSA) is 111 Å². The van der Waals surface area contributed by atoms with Gasteiger partial charge in [-0.3, -0.25) is 15.0 Å². The molecule has 0 aliphatic carbocycles. The number of fused-ring (bicyclic) bond motifs is 1. The van der Waals surface area contributed by atoms with E-state index in [-0.39, 0.29) is 22.6 Å². The number of hydrogen-bond acceptors (Lipinski definition) is 7. The Morgan fingerprint density at radius 2 is 1.94 bits per heavy atom. The molecule has 0 spiro atoms. The Labute approximate surface area is 191 Å². The number of ether oxygens (including phenoxy) is 2. The number of nitrogens with one attached hydrogen (secondary N) is 1. The van der Waals surface area contributed by atoms with Gasteiger partial charge in [0.25, 0.3) is 5.69 Å². The number of sulfonamides is 1. The van der Waals surface area contributed by atoms with Gasteiger partial charge in [-0.25, -0.2) is 13.1 Å². The van der Waals surface area contributed by atoms with Crippen molar-refractivity contribution in [3.05, 3.63) is 57.6 Å². The quantitative estimate of drug-likeness (QED) is 0.477. The predicted octanol–water partition coefficient (Wildman–Crippen LogP) is 3.08. The number of non-ortho nitro benzene ring substituents is 1. The molecule has 2 aliphatic rings. The summed E-state index contributed by atoms with van der Waals surface area (Å²) in [5.74, 6) is 1.54. The molecule has 9 nitrogen and oxygen atoms in total. The molecular weight excluding hydrogens is 458 g/mol. The van der Waals surface area contributed by atoms with Gasteiger partial charge in [0, 0.05) is 36.3 Å². The molecule has 0 bridgehead atoms. The fourth-order valence-electron chi connectivity index (χ4n) is 3.92. The Morgan fingerprint density at radius 3 is 2.69 bits per heavy atom. The molecule has 1 saturated heterocycles. The summed E-state index contributed by atoms with van der Waals surface area (Å²) >= 11 is 6.03. The highest BCUT2D eigenvalue weighted by Gasteiger charge is 2.27. The fourth-order valence-corrected chi connectivity index (χ4v) is 5.23. The molecule has 2 aromatic carbocycles. The first-order chi connectivity index (χ1) is 15.3. The Kier molecular flexibility index (Phi) is 6.85. The van der Waals surface area contributed by atoms with Crippen molar-refractivity contribution in [2.75, 3.05) is 32.8 Å². The van der Waals surface area contributed by atoms with Crippen molar-refractivity contribution in [1.29, 1.82) is 0 Å². The van der Waals surface area contributed by atoms with E-state index in [2.05, 4.69) is 9.62 Å². The van der Waals surface area contributed by atoms with E-state index < -0.39 is 14.9 Å². The Bertz CT molecular complexity index is 1090. The molecule has 0 saturated carbocycles. The number of likely N-dealkylation sites (tertiary alicyclic amines) is 1. The van der Waals surface area contributed by atoms with E-state index in [0.29, 0.717) is 29.7 Å². The predicted molar refractivity (Wildman–Crippen MR) is 119 cm³/mol. The largest absolute Gasteiger partial charge is 0.486 e. The summed E-state index contributed by atoms with van der Waals surface area (Å²) in [6, 6.07) is 10.4. The average Bonchev–Trinajstić information content (AvgIpc) is 2.78. The first kappa shape index (κ1) is 22.8. The van der Waals surface area contributed by atoms with Crippen molar-refractivity contribution in [3.8, 4) is 11.5 Å². The zero-order chi connectivity index (χ0) is 22.7. The van der Waals surface area contributed by atoms with Crippen molar-refractivity contribution in [2.45, 2.75) is 23.8 Å². The molecule has 2 heterocycles. The van der Waals surface area contributed by atoms with Gasteiger partial charge in [-0.05, 0) is 50.0 Å². The van der Waals surface area contributed by atoms with Crippen LogP contribution >= 0.6 is 11.6 Å². The maximum absolute atomic E-state index is 12.5. The third-order valence-electron chi connectivity index (χ3n) is 5.69. The Balaban J connectivity index is 1.25. The lowest BCUT2D eigenvalue weighted by Gasteiger charge is -2.35. The van der Waals surface area contributed by atoms with Crippen LogP contribution in [0, 0.1) is 16.0 Å². The molecule has 1 fully saturated rings. The van der Waals surface area contributed by atoms with E-state index in [1.165, 1.54) is 18.2 Å². The highest BCUT2D eigenvalue weighted by molar-refractivity contribution is 7.89. The first-order valence-corrected chi connectivity index (χ1v) is 12.2. The Hall–Kier alpha value is -2.40. The highest BCUT2D eigenvalue weighted by atomic mass is 35.5. The molecule has 0 amide bonds. The molecule has 1 unspecified atom stereocenters. The first-order valence-electron chi connectivity index (χ1n) is 10.4. The van der Waals surface area contributed by atoms with Crippen molar-refractivity contribution < 1.29 is 22.8 Å². The average molecular weight is 482 g/mol. The van der Waals surface area contributed by atoms with Crippen LogP contribution in [0.2, 0.25) is 5.02 Å². The molecule has 2 aromatic rings. The van der Waals surface area contributed by atoms with Crippen LogP contribution in [0.15, 0.2) is 47.4 Å². The van der Waals surface area contributed by atoms with Crippen molar-refractivity contribution >= 4 is 27.3 Å². The smallest absolute Gasteiger partial charge is 0.270 e. The molecule has 2 aliphatic heterocycles. The van der Waals surface area contributed by atoms with Crippen molar-refractivity contribution in [1.82, 2.24) is 9.62 Å². The van der Waals surface area contributed by atoms with E-state index >= 15 is 0 Å². The van der Waals surface area contributed by atoms with Gasteiger partial charge in [-0.2, -0.15) is 0 Å². The van der Waals surface area contributed by atoms with Crippen molar-refractivity contribution in [3.63, 3.8) is 0 Å². The van der Waals surface area contributed by atoms with Crippen LogP contribution in [-0.4, -0.2) is 57.1 Å². The normalized spacial score (nSPS) is 19.6. The summed E-state index contributed by atoms with van der Waals surface area (Å²) in [6.45, 7) is 3.14. The van der Waals surface area contributed by atoms with E-state index in [0.717, 1.165) is 38.5 Å². The minimum absolute atomic E-state index is 0.0927. The minimum atomic E-state index is -3.80. The summed E-state index contributed by atoms with van der Waals surface area (Å²) in [5.41, 5.74) is -0.250. The number of nitro groups is 1. The lowest BCUT2D eigenvalue weighted by Crippen LogP contribution is -2.45. The van der Waals surface area contributed by atoms with Crippen LogP contribution in [0.5, 0.6) is 11.5 Å².